The van der Waals surface area contributed by atoms with Crippen molar-refractivity contribution in [3.8, 4) is 11.3 Å². The number of aromatic nitrogens is 3. The van der Waals surface area contributed by atoms with E-state index in [1.165, 1.54) is 20.0 Å². The van der Waals surface area contributed by atoms with Gasteiger partial charge in [0, 0.05) is 25.4 Å². The third-order valence-corrected chi connectivity index (χ3v) is 3.52. The Labute approximate surface area is 130 Å². The maximum absolute atomic E-state index is 9.68. The fourth-order valence-corrected chi connectivity index (χ4v) is 2.26. The second-order valence-electron chi connectivity index (χ2n) is 5.23. The van der Waals surface area contributed by atoms with Crippen LogP contribution in [0.2, 0.25) is 0 Å². The summed E-state index contributed by atoms with van der Waals surface area (Å²) < 4.78 is 6.81. The molecule has 0 spiro atoms. The second-order valence-corrected chi connectivity index (χ2v) is 5.23. The summed E-state index contributed by atoms with van der Waals surface area (Å²) in [4.78, 5) is 4.41. The first-order valence-electron chi connectivity index (χ1n) is 7.65. The molecule has 0 aromatic carbocycles. The van der Waals surface area contributed by atoms with E-state index in [1.807, 2.05) is 23.0 Å². The molecule has 3 N–H and O–H groups in total. The van der Waals surface area contributed by atoms with Gasteiger partial charge in [-0.1, -0.05) is 18.9 Å². The number of ether oxygens (including phenoxy) is 1. The molecule has 0 aliphatic heterocycles. The van der Waals surface area contributed by atoms with Crippen LogP contribution in [0.3, 0.4) is 0 Å². The third kappa shape index (κ3) is 4.62. The van der Waals surface area contributed by atoms with E-state index >= 15 is 0 Å². The van der Waals surface area contributed by atoms with Gasteiger partial charge >= 0.3 is 0 Å². The Morgan fingerprint density at radius 2 is 2.09 bits per heavy atom. The molecule has 0 aliphatic carbocycles. The highest BCUT2D eigenvalue weighted by Crippen LogP contribution is 2.19. The number of nitrogens with two attached hydrogens (primary N) is 1. The van der Waals surface area contributed by atoms with Crippen LogP contribution in [0, 0.1) is 0 Å². The maximum atomic E-state index is 9.68. The molecule has 2 aromatic rings. The molecular weight excluding hydrogens is 280 g/mol. The zero-order chi connectivity index (χ0) is 15.8. The van der Waals surface area contributed by atoms with Gasteiger partial charge in [0.25, 0.3) is 0 Å². The average molecular weight is 304 g/mol. The Balaban J connectivity index is 1.96. The standard InChI is InChI=1S/C16H24N4O2/c1-22-16(21)15-8-6-7-14(19-15)13-11-18-20(12-13)10-5-3-2-4-9-17/h6-8,11-12,16,21H,2-5,9-10,17H2,1H3. The SMILES string of the molecule is COC(O)c1cccc(-c2cnn(CCCCCCN)c2)n1. The fourth-order valence-electron chi connectivity index (χ4n) is 2.26. The number of unbranched alkanes of at least 4 members (excludes halogenated alkanes) is 3. The highest BCUT2D eigenvalue weighted by Gasteiger charge is 2.10. The Kier molecular flexibility index (Phi) is 6.51. The quantitative estimate of drug-likeness (QED) is 0.547. The fraction of sp³-hybridized carbons (Fsp3) is 0.500. The highest BCUT2D eigenvalue weighted by atomic mass is 16.6. The van der Waals surface area contributed by atoms with Crippen LogP contribution < -0.4 is 5.73 Å². The highest BCUT2D eigenvalue weighted by molar-refractivity contribution is 5.56. The molecule has 1 atom stereocenters. The number of aliphatic hydroxyl groups is 1. The van der Waals surface area contributed by atoms with Crippen molar-refractivity contribution in [1.29, 1.82) is 0 Å². The van der Waals surface area contributed by atoms with Crippen molar-refractivity contribution in [3.63, 3.8) is 0 Å². The van der Waals surface area contributed by atoms with Gasteiger partial charge in [-0.3, -0.25) is 4.68 Å². The van der Waals surface area contributed by atoms with E-state index in [0.29, 0.717) is 5.69 Å². The lowest BCUT2D eigenvalue weighted by Crippen LogP contribution is -2.02. The molecule has 0 amide bonds. The van der Waals surface area contributed by atoms with Crippen molar-refractivity contribution in [3.05, 3.63) is 36.3 Å². The number of pyridine rings is 1. The molecular formula is C16H24N4O2. The molecule has 2 aromatic heterocycles. The predicted octanol–water partition coefficient (Wildman–Crippen LogP) is 2.10. The van der Waals surface area contributed by atoms with Gasteiger partial charge in [0.15, 0.2) is 6.29 Å². The molecule has 0 saturated heterocycles. The van der Waals surface area contributed by atoms with E-state index in [2.05, 4.69) is 10.1 Å². The van der Waals surface area contributed by atoms with Crippen molar-refractivity contribution in [2.45, 2.75) is 38.5 Å². The summed E-state index contributed by atoms with van der Waals surface area (Å²) in [7, 11) is 1.45. The number of hydrogen-bond acceptors (Lipinski definition) is 5. The first kappa shape index (κ1) is 16.6. The molecule has 0 saturated carbocycles. The van der Waals surface area contributed by atoms with Gasteiger partial charge in [0.2, 0.25) is 0 Å². The van der Waals surface area contributed by atoms with Gasteiger partial charge in [0.1, 0.15) is 0 Å². The zero-order valence-electron chi connectivity index (χ0n) is 13.0. The third-order valence-electron chi connectivity index (χ3n) is 3.52. The molecule has 22 heavy (non-hydrogen) atoms. The maximum Gasteiger partial charge on any atom is 0.198 e. The van der Waals surface area contributed by atoms with E-state index in [0.717, 1.165) is 37.2 Å². The second kappa shape index (κ2) is 8.63. The predicted molar refractivity (Wildman–Crippen MR) is 84.9 cm³/mol. The summed E-state index contributed by atoms with van der Waals surface area (Å²) in [6, 6.07) is 5.48. The van der Waals surface area contributed by atoms with Crippen LogP contribution in [0.1, 0.15) is 37.7 Å². The molecule has 0 radical (unpaired) electrons. The molecule has 0 bridgehead atoms. The lowest BCUT2D eigenvalue weighted by molar-refractivity contribution is -0.0798. The Morgan fingerprint density at radius 3 is 2.86 bits per heavy atom. The van der Waals surface area contributed by atoms with E-state index in [9.17, 15) is 5.11 Å². The number of nitrogens with zero attached hydrogens (tertiary/aromatic N) is 3. The minimum absolute atomic E-state index is 0.495. The zero-order valence-corrected chi connectivity index (χ0v) is 13.0. The summed E-state index contributed by atoms with van der Waals surface area (Å²) in [6.45, 7) is 1.66. The Bertz CT molecular complexity index is 571. The molecule has 2 rings (SSSR count). The van der Waals surface area contributed by atoms with Crippen LogP contribution in [0.5, 0.6) is 0 Å². The van der Waals surface area contributed by atoms with Crippen LogP contribution >= 0.6 is 0 Å². The average Bonchev–Trinajstić information content (AvgIpc) is 3.03. The topological polar surface area (TPSA) is 86.2 Å². The van der Waals surface area contributed by atoms with Crippen LogP contribution in [-0.2, 0) is 11.3 Å². The van der Waals surface area contributed by atoms with E-state index in [1.54, 1.807) is 12.3 Å². The van der Waals surface area contributed by atoms with Crippen LogP contribution in [0.4, 0.5) is 0 Å². The number of aryl methyl sites for hydroxylation is 1. The van der Waals surface area contributed by atoms with Gasteiger partial charge in [-0.2, -0.15) is 5.10 Å². The largest absolute Gasteiger partial charge is 0.363 e. The Hall–Kier alpha value is -1.76. The molecule has 2 heterocycles. The Morgan fingerprint density at radius 1 is 1.27 bits per heavy atom. The van der Waals surface area contributed by atoms with Crippen LogP contribution in [0.25, 0.3) is 11.3 Å². The van der Waals surface area contributed by atoms with Gasteiger partial charge in [-0.15, -0.1) is 0 Å². The molecule has 6 nitrogen and oxygen atoms in total. The minimum Gasteiger partial charge on any atom is -0.363 e. The minimum atomic E-state index is -1.00. The van der Waals surface area contributed by atoms with E-state index in [4.69, 9.17) is 10.5 Å². The van der Waals surface area contributed by atoms with Crippen molar-refractivity contribution in [2.75, 3.05) is 13.7 Å². The monoisotopic (exact) mass is 304 g/mol. The van der Waals surface area contributed by atoms with Crippen molar-refractivity contribution in [2.24, 2.45) is 5.73 Å². The lowest BCUT2D eigenvalue weighted by Gasteiger charge is -2.08. The molecule has 120 valence electrons. The first-order chi connectivity index (χ1) is 10.7. The van der Waals surface area contributed by atoms with Crippen LogP contribution in [0.15, 0.2) is 30.6 Å². The number of aliphatic hydroxyl groups excluding tert-OH is 1. The van der Waals surface area contributed by atoms with Crippen molar-refractivity contribution < 1.29 is 9.84 Å². The molecule has 6 heteroatoms. The van der Waals surface area contributed by atoms with Gasteiger partial charge < -0.3 is 15.6 Å². The summed E-state index contributed by atoms with van der Waals surface area (Å²) >= 11 is 0. The van der Waals surface area contributed by atoms with Gasteiger partial charge in [-0.05, 0) is 31.5 Å². The lowest BCUT2D eigenvalue weighted by atomic mass is 10.2. The first-order valence-corrected chi connectivity index (χ1v) is 7.65. The summed E-state index contributed by atoms with van der Waals surface area (Å²) in [5.74, 6) is 0. The summed E-state index contributed by atoms with van der Waals surface area (Å²) in [5.41, 5.74) is 7.69. The van der Waals surface area contributed by atoms with Gasteiger partial charge in [0.05, 0.1) is 17.6 Å². The molecule has 1 unspecified atom stereocenters. The summed E-state index contributed by atoms with van der Waals surface area (Å²) in [5, 5.41) is 14.0. The van der Waals surface area contributed by atoms with Crippen molar-refractivity contribution >= 4 is 0 Å². The molecule has 0 fully saturated rings. The smallest absolute Gasteiger partial charge is 0.198 e. The summed E-state index contributed by atoms with van der Waals surface area (Å²) in [6.07, 6.45) is 7.29. The number of rotatable bonds is 9. The molecule has 0 aliphatic rings. The van der Waals surface area contributed by atoms with E-state index < -0.39 is 6.29 Å². The number of methoxy groups -OCH3 is 1. The van der Waals surface area contributed by atoms with E-state index in [-0.39, 0.29) is 0 Å². The number of hydrogen-bond donors (Lipinski definition) is 2. The normalized spacial score (nSPS) is 12.5. The van der Waals surface area contributed by atoms with Crippen LogP contribution in [-0.4, -0.2) is 33.5 Å². The van der Waals surface area contributed by atoms with Gasteiger partial charge in [-0.25, -0.2) is 4.98 Å². The van der Waals surface area contributed by atoms with Crippen molar-refractivity contribution in [1.82, 2.24) is 14.8 Å².